The van der Waals surface area contributed by atoms with Gasteiger partial charge in [-0.1, -0.05) is 226 Å². The zero-order valence-electron chi connectivity index (χ0n) is 29.5. The predicted molar refractivity (Wildman–Crippen MR) is 189 cm³/mol. The van der Waals surface area contributed by atoms with Gasteiger partial charge >= 0.3 is 5.97 Å². The Balaban J connectivity index is 3.13. The van der Waals surface area contributed by atoms with E-state index in [-0.39, 0.29) is 5.97 Å². The summed E-state index contributed by atoms with van der Waals surface area (Å²) in [6, 6.07) is 0. The fourth-order valence-corrected chi connectivity index (χ4v) is 6.26. The van der Waals surface area contributed by atoms with E-state index in [2.05, 4.69) is 13.8 Å². The molecule has 0 aromatic rings. The molecule has 0 atom stereocenters. The monoisotopic (exact) mass is 593 g/mol. The minimum absolute atomic E-state index is 0.0292. The lowest BCUT2D eigenvalue weighted by atomic mass is 10.0. The third-order valence-corrected chi connectivity index (χ3v) is 9.25. The molecule has 0 radical (unpaired) electrons. The molecule has 0 bridgehead atoms. The van der Waals surface area contributed by atoms with Crippen molar-refractivity contribution in [1.82, 2.24) is 0 Å². The molecule has 2 heteroatoms. The largest absolute Gasteiger partial charge is 0.466 e. The van der Waals surface area contributed by atoms with Crippen LogP contribution in [0.4, 0.5) is 0 Å². The molecule has 0 N–H and O–H groups in total. The van der Waals surface area contributed by atoms with E-state index in [1.165, 1.54) is 212 Å². The van der Waals surface area contributed by atoms with Gasteiger partial charge in [-0.15, -0.1) is 0 Å². The number of unbranched alkanes of at least 4 members (excludes halogenated alkanes) is 33. The van der Waals surface area contributed by atoms with Crippen molar-refractivity contribution in [2.45, 2.75) is 245 Å². The highest BCUT2D eigenvalue weighted by molar-refractivity contribution is 5.69. The van der Waals surface area contributed by atoms with Gasteiger partial charge in [0.15, 0.2) is 0 Å². The molecule has 0 amide bonds. The molecule has 0 saturated heterocycles. The zero-order chi connectivity index (χ0) is 30.4. The van der Waals surface area contributed by atoms with Crippen LogP contribution in [-0.4, -0.2) is 12.6 Å². The van der Waals surface area contributed by atoms with E-state index in [0.29, 0.717) is 13.0 Å². The quantitative estimate of drug-likeness (QED) is 0.0529. The molecule has 0 aromatic carbocycles. The van der Waals surface area contributed by atoms with Gasteiger partial charge in [-0.05, 0) is 12.8 Å². The van der Waals surface area contributed by atoms with Crippen LogP contribution in [0.5, 0.6) is 0 Å². The highest BCUT2D eigenvalue weighted by atomic mass is 16.5. The molecule has 2 nitrogen and oxygen atoms in total. The first kappa shape index (κ1) is 41.5. The van der Waals surface area contributed by atoms with Crippen LogP contribution in [0, 0.1) is 0 Å². The van der Waals surface area contributed by atoms with Crippen molar-refractivity contribution in [2.24, 2.45) is 0 Å². The van der Waals surface area contributed by atoms with Crippen LogP contribution in [-0.2, 0) is 9.53 Å². The molecule has 0 heterocycles. The number of esters is 1. The van der Waals surface area contributed by atoms with Gasteiger partial charge in [0.1, 0.15) is 0 Å². The van der Waals surface area contributed by atoms with E-state index < -0.39 is 0 Å². The Morgan fingerprint density at radius 2 is 0.524 bits per heavy atom. The molecule has 0 aliphatic carbocycles. The van der Waals surface area contributed by atoms with Gasteiger partial charge in [0.25, 0.3) is 0 Å². The lowest BCUT2D eigenvalue weighted by Crippen LogP contribution is -2.05. The standard InChI is InChI=1S/C40H80O2/c1-3-5-7-9-11-13-15-17-18-19-20-21-22-23-24-25-26-27-28-30-32-34-36-38-40(41)42-39-37-35-33-31-29-16-14-12-10-8-6-4-2/h3-39H2,1-2H3. The SMILES string of the molecule is CCCCCCCCCCCCCCCCCCCCCCCCCC(=O)OCCCCCCCCCCCCCC. The van der Waals surface area contributed by atoms with Crippen LogP contribution in [0.25, 0.3) is 0 Å². The lowest BCUT2D eigenvalue weighted by Gasteiger charge is -2.06. The minimum Gasteiger partial charge on any atom is -0.466 e. The van der Waals surface area contributed by atoms with E-state index >= 15 is 0 Å². The van der Waals surface area contributed by atoms with Gasteiger partial charge in [-0.2, -0.15) is 0 Å². The number of rotatable bonds is 37. The first-order chi connectivity index (χ1) is 20.8. The highest BCUT2D eigenvalue weighted by Crippen LogP contribution is 2.16. The van der Waals surface area contributed by atoms with E-state index in [4.69, 9.17) is 4.74 Å². The maximum Gasteiger partial charge on any atom is 0.305 e. The number of carbonyl (C=O) groups excluding carboxylic acids is 1. The van der Waals surface area contributed by atoms with Crippen molar-refractivity contribution in [3.63, 3.8) is 0 Å². The van der Waals surface area contributed by atoms with Gasteiger partial charge in [-0.3, -0.25) is 4.79 Å². The van der Waals surface area contributed by atoms with Gasteiger partial charge in [-0.25, -0.2) is 0 Å². The normalized spacial score (nSPS) is 11.4. The Morgan fingerprint density at radius 1 is 0.310 bits per heavy atom. The second-order valence-electron chi connectivity index (χ2n) is 13.6. The predicted octanol–water partition coefficient (Wildman–Crippen LogP) is 14.6. The molecule has 252 valence electrons. The fraction of sp³-hybridized carbons (Fsp3) is 0.975. The summed E-state index contributed by atoms with van der Waals surface area (Å²) in [5, 5.41) is 0. The Labute approximate surface area is 266 Å². The Kier molecular flexibility index (Phi) is 38.0. The summed E-state index contributed by atoms with van der Waals surface area (Å²) in [5.41, 5.74) is 0. The lowest BCUT2D eigenvalue weighted by molar-refractivity contribution is -0.143. The average Bonchev–Trinajstić information content (AvgIpc) is 3.00. The smallest absolute Gasteiger partial charge is 0.305 e. The van der Waals surface area contributed by atoms with Gasteiger partial charge < -0.3 is 4.74 Å². The summed E-state index contributed by atoms with van der Waals surface area (Å²) < 4.78 is 5.44. The first-order valence-corrected chi connectivity index (χ1v) is 20.0. The first-order valence-electron chi connectivity index (χ1n) is 20.0. The zero-order valence-corrected chi connectivity index (χ0v) is 29.5. The van der Waals surface area contributed by atoms with Crippen LogP contribution in [0.2, 0.25) is 0 Å². The van der Waals surface area contributed by atoms with E-state index in [0.717, 1.165) is 12.8 Å². The average molecular weight is 593 g/mol. The molecule has 0 aliphatic heterocycles. The highest BCUT2D eigenvalue weighted by Gasteiger charge is 2.03. The number of ether oxygens (including phenoxy) is 1. The number of hydrogen-bond donors (Lipinski definition) is 0. The van der Waals surface area contributed by atoms with E-state index in [1.54, 1.807) is 0 Å². The molecular formula is C40H80O2. The topological polar surface area (TPSA) is 26.3 Å². The van der Waals surface area contributed by atoms with Gasteiger partial charge in [0.05, 0.1) is 6.61 Å². The molecular weight excluding hydrogens is 512 g/mol. The molecule has 0 spiro atoms. The molecule has 42 heavy (non-hydrogen) atoms. The summed E-state index contributed by atoms with van der Waals surface area (Å²) in [6.07, 6.45) is 49.0. The molecule has 0 aliphatic rings. The molecule has 0 rings (SSSR count). The molecule has 0 unspecified atom stereocenters. The van der Waals surface area contributed by atoms with Crippen LogP contribution in [0.3, 0.4) is 0 Å². The summed E-state index contributed by atoms with van der Waals surface area (Å²) >= 11 is 0. The van der Waals surface area contributed by atoms with Gasteiger partial charge in [0, 0.05) is 6.42 Å². The van der Waals surface area contributed by atoms with Crippen molar-refractivity contribution in [2.75, 3.05) is 6.61 Å². The third kappa shape index (κ3) is 37.5. The Morgan fingerprint density at radius 3 is 0.786 bits per heavy atom. The fourth-order valence-electron chi connectivity index (χ4n) is 6.26. The molecule has 0 fully saturated rings. The van der Waals surface area contributed by atoms with E-state index in [1.807, 2.05) is 0 Å². The second-order valence-corrected chi connectivity index (χ2v) is 13.6. The summed E-state index contributed by atoms with van der Waals surface area (Å²) in [6.45, 7) is 5.22. The van der Waals surface area contributed by atoms with Crippen molar-refractivity contribution >= 4 is 5.97 Å². The molecule has 0 aromatic heterocycles. The number of hydrogen-bond acceptors (Lipinski definition) is 2. The maximum atomic E-state index is 11.9. The van der Waals surface area contributed by atoms with Crippen molar-refractivity contribution < 1.29 is 9.53 Å². The number of carbonyl (C=O) groups is 1. The summed E-state index contributed by atoms with van der Waals surface area (Å²) in [7, 11) is 0. The summed E-state index contributed by atoms with van der Waals surface area (Å²) in [4.78, 5) is 11.9. The third-order valence-electron chi connectivity index (χ3n) is 9.25. The Bertz CT molecular complexity index is 488. The minimum atomic E-state index is 0.0292. The Hall–Kier alpha value is -0.530. The van der Waals surface area contributed by atoms with Crippen molar-refractivity contribution in [3.8, 4) is 0 Å². The van der Waals surface area contributed by atoms with Crippen molar-refractivity contribution in [1.29, 1.82) is 0 Å². The van der Waals surface area contributed by atoms with Gasteiger partial charge in [0.2, 0.25) is 0 Å². The van der Waals surface area contributed by atoms with Crippen LogP contribution >= 0.6 is 0 Å². The van der Waals surface area contributed by atoms with Crippen LogP contribution in [0.1, 0.15) is 245 Å². The molecule has 0 saturated carbocycles. The maximum absolute atomic E-state index is 11.9. The van der Waals surface area contributed by atoms with Crippen LogP contribution < -0.4 is 0 Å². The van der Waals surface area contributed by atoms with Crippen LogP contribution in [0.15, 0.2) is 0 Å². The van der Waals surface area contributed by atoms with Crippen molar-refractivity contribution in [3.05, 3.63) is 0 Å². The summed E-state index contributed by atoms with van der Waals surface area (Å²) in [5.74, 6) is 0.0292. The second kappa shape index (κ2) is 38.5. The van der Waals surface area contributed by atoms with E-state index in [9.17, 15) is 4.79 Å².